The Labute approximate surface area is 111 Å². The molecule has 1 unspecified atom stereocenters. The molecule has 1 saturated heterocycles. The molecule has 3 nitrogen and oxygen atoms in total. The summed E-state index contributed by atoms with van der Waals surface area (Å²) in [6.07, 6.45) is 1.26. The van der Waals surface area contributed by atoms with Crippen LogP contribution in [-0.4, -0.2) is 42.5 Å². The summed E-state index contributed by atoms with van der Waals surface area (Å²) < 4.78 is 0. The van der Waals surface area contributed by atoms with E-state index in [1.807, 2.05) is 0 Å². The van der Waals surface area contributed by atoms with E-state index in [1.165, 1.54) is 30.6 Å². The van der Waals surface area contributed by atoms with Gasteiger partial charge in [0.15, 0.2) is 0 Å². The molecule has 0 aliphatic carbocycles. The fourth-order valence-corrected chi connectivity index (χ4v) is 2.75. The van der Waals surface area contributed by atoms with Crippen molar-refractivity contribution < 1.29 is 0 Å². The van der Waals surface area contributed by atoms with Gasteiger partial charge < -0.3 is 10.6 Å². The van der Waals surface area contributed by atoms with Crippen LogP contribution in [0.15, 0.2) is 24.3 Å². The van der Waals surface area contributed by atoms with Crippen LogP contribution < -0.4 is 5.73 Å². The molecule has 1 atom stereocenters. The second-order valence-electron chi connectivity index (χ2n) is 5.46. The molecule has 1 fully saturated rings. The Kier molecular flexibility index (Phi) is 4.75. The zero-order valence-electron chi connectivity index (χ0n) is 11.6. The van der Waals surface area contributed by atoms with Gasteiger partial charge in [0.05, 0.1) is 0 Å². The monoisotopic (exact) mass is 247 g/mol. The average molecular weight is 247 g/mol. The summed E-state index contributed by atoms with van der Waals surface area (Å²) in [5, 5.41) is 0. The molecule has 1 aliphatic rings. The van der Waals surface area contributed by atoms with Crippen LogP contribution in [0.3, 0.4) is 0 Å². The first-order chi connectivity index (χ1) is 8.69. The van der Waals surface area contributed by atoms with Crippen LogP contribution in [0, 0.1) is 0 Å². The first kappa shape index (κ1) is 13.5. The SMILES string of the molecule is CC1CN(C)CCCN1Cc1cccc(CN)c1. The van der Waals surface area contributed by atoms with E-state index in [0.29, 0.717) is 12.6 Å². The van der Waals surface area contributed by atoms with Gasteiger partial charge in [-0.25, -0.2) is 0 Å². The predicted molar refractivity (Wildman–Crippen MR) is 76.3 cm³/mol. The molecule has 0 aromatic heterocycles. The Bertz CT molecular complexity index is 378. The molecule has 0 saturated carbocycles. The summed E-state index contributed by atoms with van der Waals surface area (Å²) >= 11 is 0. The van der Waals surface area contributed by atoms with Crippen molar-refractivity contribution in [3.8, 4) is 0 Å². The maximum atomic E-state index is 5.70. The maximum Gasteiger partial charge on any atom is 0.0237 e. The number of benzene rings is 1. The lowest BCUT2D eigenvalue weighted by molar-refractivity contribution is 0.194. The molecule has 100 valence electrons. The Morgan fingerprint density at radius 2 is 2.06 bits per heavy atom. The Balaban J connectivity index is 2.02. The molecular formula is C15H25N3. The van der Waals surface area contributed by atoms with Gasteiger partial charge in [-0.05, 0) is 38.1 Å². The van der Waals surface area contributed by atoms with Crippen molar-refractivity contribution in [2.24, 2.45) is 5.73 Å². The first-order valence-corrected chi connectivity index (χ1v) is 6.89. The molecule has 2 rings (SSSR count). The van der Waals surface area contributed by atoms with Crippen LogP contribution in [0.4, 0.5) is 0 Å². The molecular weight excluding hydrogens is 222 g/mol. The number of nitrogens with two attached hydrogens (primary N) is 1. The van der Waals surface area contributed by atoms with Crippen LogP contribution >= 0.6 is 0 Å². The topological polar surface area (TPSA) is 32.5 Å². The van der Waals surface area contributed by atoms with Gasteiger partial charge >= 0.3 is 0 Å². The predicted octanol–water partition coefficient (Wildman–Crippen LogP) is 1.67. The third kappa shape index (κ3) is 3.55. The highest BCUT2D eigenvalue weighted by Gasteiger charge is 2.19. The summed E-state index contributed by atoms with van der Waals surface area (Å²) in [6, 6.07) is 9.29. The van der Waals surface area contributed by atoms with Gasteiger partial charge in [-0.2, -0.15) is 0 Å². The van der Waals surface area contributed by atoms with E-state index in [0.717, 1.165) is 13.1 Å². The molecule has 1 aliphatic heterocycles. The number of hydrogen-bond acceptors (Lipinski definition) is 3. The minimum Gasteiger partial charge on any atom is -0.326 e. The number of hydrogen-bond donors (Lipinski definition) is 1. The molecule has 3 heteroatoms. The van der Waals surface area contributed by atoms with Crippen molar-refractivity contribution in [3.05, 3.63) is 35.4 Å². The number of likely N-dealkylation sites (N-methyl/N-ethyl adjacent to an activating group) is 1. The highest BCUT2D eigenvalue weighted by Crippen LogP contribution is 2.14. The number of nitrogens with zero attached hydrogens (tertiary/aromatic N) is 2. The molecule has 0 amide bonds. The zero-order valence-corrected chi connectivity index (χ0v) is 11.6. The third-order valence-electron chi connectivity index (χ3n) is 3.80. The molecule has 0 radical (unpaired) electrons. The minimum absolute atomic E-state index is 0.624. The third-order valence-corrected chi connectivity index (χ3v) is 3.80. The number of rotatable bonds is 3. The van der Waals surface area contributed by atoms with E-state index in [2.05, 4.69) is 48.0 Å². The largest absolute Gasteiger partial charge is 0.326 e. The second kappa shape index (κ2) is 6.32. The highest BCUT2D eigenvalue weighted by molar-refractivity contribution is 5.23. The molecule has 18 heavy (non-hydrogen) atoms. The van der Waals surface area contributed by atoms with Gasteiger partial charge in [0.2, 0.25) is 0 Å². The Morgan fingerprint density at radius 3 is 2.83 bits per heavy atom. The van der Waals surface area contributed by atoms with Gasteiger partial charge in [-0.15, -0.1) is 0 Å². The van der Waals surface area contributed by atoms with Crippen molar-refractivity contribution in [1.82, 2.24) is 9.80 Å². The van der Waals surface area contributed by atoms with Crippen molar-refractivity contribution in [3.63, 3.8) is 0 Å². The molecule has 0 bridgehead atoms. The van der Waals surface area contributed by atoms with Gasteiger partial charge in [-0.1, -0.05) is 24.3 Å². The normalized spacial score (nSPS) is 22.9. The molecule has 1 heterocycles. The standard InChI is InChI=1S/C15H25N3/c1-13-11-17(2)7-4-8-18(13)12-15-6-3-5-14(9-15)10-16/h3,5-6,9,13H,4,7-8,10-12,16H2,1-2H3. The summed E-state index contributed by atoms with van der Waals surface area (Å²) in [5.41, 5.74) is 8.31. The fraction of sp³-hybridized carbons (Fsp3) is 0.600. The van der Waals surface area contributed by atoms with E-state index >= 15 is 0 Å². The Hall–Kier alpha value is -0.900. The lowest BCUT2D eigenvalue weighted by atomic mass is 10.1. The lowest BCUT2D eigenvalue weighted by Gasteiger charge is -2.28. The van der Waals surface area contributed by atoms with Gasteiger partial charge in [-0.3, -0.25) is 4.90 Å². The van der Waals surface area contributed by atoms with Crippen LogP contribution in [0.25, 0.3) is 0 Å². The van der Waals surface area contributed by atoms with Crippen LogP contribution in [0.2, 0.25) is 0 Å². The van der Waals surface area contributed by atoms with Crippen molar-refractivity contribution in [2.45, 2.75) is 32.5 Å². The summed E-state index contributed by atoms with van der Waals surface area (Å²) in [4.78, 5) is 5.01. The van der Waals surface area contributed by atoms with E-state index in [-0.39, 0.29) is 0 Å². The summed E-state index contributed by atoms with van der Waals surface area (Å²) in [6.45, 7) is 7.57. The quantitative estimate of drug-likeness (QED) is 0.882. The average Bonchev–Trinajstić information content (AvgIpc) is 2.52. The van der Waals surface area contributed by atoms with Crippen molar-refractivity contribution in [2.75, 3.05) is 26.7 Å². The van der Waals surface area contributed by atoms with E-state index in [9.17, 15) is 0 Å². The van der Waals surface area contributed by atoms with Crippen LogP contribution in [0.1, 0.15) is 24.5 Å². The zero-order chi connectivity index (χ0) is 13.0. The molecule has 1 aromatic rings. The lowest BCUT2D eigenvalue weighted by Crippen LogP contribution is -2.37. The van der Waals surface area contributed by atoms with Gasteiger partial charge in [0.1, 0.15) is 0 Å². The van der Waals surface area contributed by atoms with Crippen molar-refractivity contribution >= 4 is 0 Å². The van der Waals surface area contributed by atoms with Crippen LogP contribution in [-0.2, 0) is 13.1 Å². The van der Waals surface area contributed by atoms with E-state index in [1.54, 1.807) is 0 Å². The molecule has 2 N–H and O–H groups in total. The highest BCUT2D eigenvalue weighted by atomic mass is 15.2. The van der Waals surface area contributed by atoms with Crippen molar-refractivity contribution in [1.29, 1.82) is 0 Å². The first-order valence-electron chi connectivity index (χ1n) is 6.89. The molecule has 1 aromatic carbocycles. The smallest absolute Gasteiger partial charge is 0.0237 e. The van der Waals surface area contributed by atoms with Crippen LogP contribution in [0.5, 0.6) is 0 Å². The summed E-state index contributed by atoms with van der Waals surface area (Å²) in [7, 11) is 2.22. The maximum absolute atomic E-state index is 5.70. The summed E-state index contributed by atoms with van der Waals surface area (Å²) in [5.74, 6) is 0. The van der Waals surface area contributed by atoms with Gasteiger partial charge in [0.25, 0.3) is 0 Å². The second-order valence-corrected chi connectivity index (χ2v) is 5.46. The van der Waals surface area contributed by atoms with E-state index < -0.39 is 0 Å². The minimum atomic E-state index is 0.624. The Morgan fingerprint density at radius 1 is 1.28 bits per heavy atom. The van der Waals surface area contributed by atoms with Gasteiger partial charge in [0, 0.05) is 32.2 Å². The molecule has 0 spiro atoms. The fourth-order valence-electron chi connectivity index (χ4n) is 2.75. The van der Waals surface area contributed by atoms with E-state index in [4.69, 9.17) is 5.73 Å².